The number of piperidine rings is 1. The molecule has 1 aromatic heterocycles. The number of nitrogens with two attached hydrogens (primary N) is 1. The van der Waals surface area contributed by atoms with Crippen LogP contribution in [0.2, 0.25) is 0 Å². The number of carbonyl (C=O) groups is 1. The van der Waals surface area contributed by atoms with Crippen LogP contribution in [0.25, 0.3) is 22.8 Å². The number of nitriles is 1. The SMILES string of the molecule is CC1CCNCC1F.COc1cc(C(N)=O)ccc1/C(C)=C/c1nccc(-c2cc(F)c(NC3CCOCC3)c(C#N)c2)c1C. The molecule has 2 fully saturated rings. The molecular formula is C35H41F2N5O3. The fourth-order valence-electron chi connectivity index (χ4n) is 5.46. The van der Waals surface area contributed by atoms with Crippen LogP contribution < -0.4 is 21.1 Å². The summed E-state index contributed by atoms with van der Waals surface area (Å²) in [6.45, 7) is 8.57. The van der Waals surface area contributed by atoms with Crippen molar-refractivity contribution in [3.05, 3.63) is 76.4 Å². The fraction of sp³-hybridized carbons (Fsp3) is 0.400. The summed E-state index contributed by atoms with van der Waals surface area (Å²) in [6, 6.07) is 12.2. The highest BCUT2D eigenvalue weighted by Gasteiger charge is 2.20. The number of alkyl halides is 1. The van der Waals surface area contributed by atoms with E-state index in [4.69, 9.17) is 15.2 Å². The summed E-state index contributed by atoms with van der Waals surface area (Å²) >= 11 is 0. The highest BCUT2D eigenvalue weighted by atomic mass is 19.1. The van der Waals surface area contributed by atoms with Crippen molar-refractivity contribution >= 4 is 23.2 Å². The lowest BCUT2D eigenvalue weighted by Crippen LogP contribution is -2.36. The van der Waals surface area contributed by atoms with Gasteiger partial charge in [-0.1, -0.05) is 13.0 Å². The minimum Gasteiger partial charge on any atom is -0.496 e. The number of allylic oxidation sites excluding steroid dienone is 1. The third-order valence-electron chi connectivity index (χ3n) is 8.33. The number of halogens is 2. The molecule has 8 nitrogen and oxygen atoms in total. The number of primary amides is 1. The van der Waals surface area contributed by atoms with Gasteiger partial charge in [-0.05, 0) is 104 Å². The van der Waals surface area contributed by atoms with Gasteiger partial charge in [0.05, 0.1) is 24.1 Å². The third kappa shape index (κ3) is 8.44. The van der Waals surface area contributed by atoms with Crippen LogP contribution in [-0.4, -0.2) is 56.5 Å². The van der Waals surface area contributed by atoms with Crippen molar-refractivity contribution < 1.29 is 23.0 Å². The minimum atomic E-state index is -0.608. The number of anilines is 1. The summed E-state index contributed by atoms with van der Waals surface area (Å²) in [4.78, 5) is 16.1. The van der Waals surface area contributed by atoms with Crippen LogP contribution in [0.15, 0.2) is 42.6 Å². The van der Waals surface area contributed by atoms with Gasteiger partial charge in [-0.25, -0.2) is 8.78 Å². The molecule has 2 aromatic carbocycles. The number of benzene rings is 2. The zero-order valence-corrected chi connectivity index (χ0v) is 26.3. The van der Waals surface area contributed by atoms with Gasteiger partial charge in [0, 0.05) is 43.1 Å². The fourth-order valence-corrected chi connectivity index (χ4v) is 5.46. The van der Waals surface area contributed by atoms with Crippen molar-refractivity contribution in [1.82, 2.24) is 10.3 Å². The number of carbonyl (C=O) groups excluding carboxylic acids is 1. The van der Waals surface area contributed by atoms with Crippen LogP contribution in [0, 0.1) is 30.0 Å². The summed E-state index contributed by atoms with van der Waals surface area (Å²) < 4.78 is 38.6. The van der Waals surface area contributed by atoms with Crippen LogP contribution in [0.4, 0.5) is 14.5 Å². The predicted octanol–water partition coefficient (Wildman–Crippen LogP) is 6.28. The maximum absolute atomic E-state index is 15.3. The average molecular weight is 618 g/mol. The first kappa shape index (κ1) is 33.6. The van der Waals surface area contributed by atoms with Gasteiger partial charge >= 0.3 is 0 Å². The molecule has 0 aliphatic carbocycles. The normalized spacial score (nSPS) is 18.7. The number of aromatic nitrogens is 1. The van der Waals surface area contributed by atoms with Crippen LogP contribution in [-0.2, 0) is 4.74 Å². The number of rotatable bonds is 7. The molecule has 10 heteroatoms. The number of nitrogens with one attached hydrogen (secondary N) is 2. The van der Waals surface area contributed by atoms with Crippen LogP contribution in [0.5, 0.6) is 5.75 Å². The summed E-state index contributed by atoms with van der Waals surface area (Å²) in [6.07, 6.45) is 5.47. The molecule has 5 rings (SSSR count). The quantitative estimate of drug-likeness (QED) is 0.285. The van der Waals surface area contributed by atoms with Crippen molar-refractivity contribution in [2.24, 2.45) is 11.7 Å². The van der Waals surface area contributed by atoms with E-state index in [9.17, 15) is 14.4 Å². The van der Waals surface area contributed by atoms with Gasteiger partial charge in [0.15, 0.2) is 0 Å². The molecule has 2 aliphatic rings. The molecule has 1 amide bonds. The zero-order chi connectivity index (χ0) is 32.5. The Morgan fingerprint density at radius 3 is 2.60 bits per heavy atom. The molecule has 0 radical (unpaired) electrons. The predicted molar refractivity (Wildman–Crippen MR) is 173 cm³/mol. The standard InChI is InChI=1S/C29H29FN4O3.C6H12FN/c1-17(23-5-4-19(29(32)35)15-27(23)36-3)12-26-18(2)24(6-9-33-26)20-13-21(16-31)28(25(30)14-20)34-22-7-10-37-11-8-22;1-5-2-3-8-4-6(5)7/h4-6,9,12-15,22,34H,7-8,10-11H2,1-3H3,(H2,32,35);5-6,8H,2-4H2,1H3/b17-12+;. The molecule has 3 heterocycles. The number of pyridine rings is 1. The van der Waals surface area contributed by atoms with E-state index < -0.39 is 17.9 Å². The van der Waals surface area contributed by atoms with Gasteiger partial charge in [0.1, 0.15) is 23.8 Å². The maximum Gasteiger partial charge on any atom is 0.248 e. The second kappa shape index (κ2) is 15.6. The maximum atomic E-state index is 15.3. The number of ether oxygens (including phenoxy) is 2. The van der Waals surface area contributed by atoms with E-state index in [1.165, 1.54) is 13.2 Å². The topological polar surface area (TPSA) is 122 Å². The molecule has 45 heavy (non-hydrogen) atoms. The van der Waals surface area contributed by atoms with Crippen LogP contribution in [0.3, 0.4) is 0 Å². The molecule has 4 N–H and O–H groups in total. The smallest absolute Gasteiger partial charge is 0.248 e. The largest absolute Gasteiger partial charge is 0.496 e. The van der Waals surface area contributed by atoms with Crippen LogP contribution >= 0.6 is 0 Å². The third-order valence-corrected chi connectivity index (χ3v) is 8.33. The second-order valence-electron chi connectivity index (χ2n) is 11.5. The Morgan fingerprint density at radius 1 is 1.22 bits per heavy atom. The summed E-state index contributed by atoms with van der Waals surface area (Å²) in [5.74, 6) is -0.206. The molecule has 3 aromatic rings. The van der Waals surface area contributed by atoms with E-state index in [-0.39, 0.29) is 23.2 Å². The minimum absolute atomic E-state index is 0.0672. The molecule has 2 unspecified atom stereocenters. The van der Waals surface area contributed by atoms with Crippen molar-refractivity contribution in [1.29, 1.82) is 5.26 Å². The molecule has 0 saturated carbocycles. The second-order valence-corrected chi connectivity index (χ2v) is 11.5. The number of methoxy groups -OCH3 is 1. The molecule has 0 spiro atoms. The van der Waals surface area contributed by atoms with Crippen molar-refractivity contribution in [2.75, 3.05) is 38.7 Å². The highest BCUT2D eigenvalue weighted by molar-refractivity contribution is 5.94. The zero-order valence-electron chi connectivity index (χ0n) is 26.3. The monoisotopic (exact) mass is 617 g/mol. The molecule has 2 saturated heterocycles. The Hall–Kier alpha value is -4.33. The van der Waals surface area contributed by atoms with Crippen molar-refractivity contribution in [3.8, 4) is 22.9 Å². The Bertz CT molecular complexity index is 1570. The lowest BCUT2D eigenvalue weighted by atomic mass is 9.95. The molecule has 2 aliphatic heterocycles. The number of hydrogen-bond acceptors (Lipinski definition) is 7. The average Bonchev–Trinajstić information content (AvgIpc) is 3.04. The van der Waals surface area contributed by atoms with Crippen molar-refractivity contribution in [3.63, 3.8) is 0 Å². The molecule has 0 bridgehead atoms. The number of hydrogen-bond donors (Lipinski definition) is 3. The van der Waals surface area contributed by atoms with E-state index in [0.717, 1.165) is 48.1 Å². The number of nitrogens with zero attached hydrogens (tertiary/aromatic N) is 2. The van der Waals surface area contributed by atoms with E-state index >= 15 is 4.39 Å². The highest BCUT2D eigenvalue weighted by Crippen LogP contribution is 2.34. The van der Waals surface area contributed by atoms with E-state index in [1.807, 2.05) is 32.9 Å². The van der Waals surface area contributed by atoms with Crippen molar-refractivity contribution in [2.45, 2.75) is 52.2 Å². The van der Waals surface area contributed by atoms with Gasteiger partial charge in [-0.3, -0.25) is 9.78 Å². The van der Waals surface area contributed by atoms with Gasteiger partial charge < -0.3 is 25.8 Å². The first-order chi connectivity index (χ1) is 21.6. The van der Waals surface area contributed by atoms with Gasteiger partial charge in [0.25, 0.3) is 0 Å². The Labute approximate surface area is 263 Å². The van der Waals surface area contributed by atoms with Crippen LogP contribution in [0.1, 0.15) is 65.9 Å². The molecule has 238 valence electrons. The Morgan fingerprint density at radius 2 is 1.98 bits per heavy atom. The lowest BCUT2D eigenvalue weighted by molar-refractivity contribution is 0.0903. The Kier molecular flexibility index (Phi) is 11.6. The molecule has 2 atom stereocenters. The van der Waals surface area contributed by atoms with Gasteiger partial charge in [-0.15, -0.1) is 0 Å². The number of amides is 1. The summed E-state index contributed by atoms with van der Waals surface area (Å²) in [5.41, 5.74) is 10.8. The van der Waals surface area contributed by atoms with E-state index in [0.29, 0.717) is 42.3 Å². The summed E-state index contributed by atoms with van der Waals surface area (Å²) in [5, 5.41) is 16.0. The van der Waals surface area contributed by atoms with Gasteiger partial charge in [-0.2, -0.15) is 5.26 Å². The summed E-state index contributed by atoms with van der Waals surface area (Å²) in [7, 11) is 1.53. The van der Waals surface area contributed by atoms with E-state index in [2.05, 4.69) is 21.7 Å². The van der Waals surface area contributed by atoms with Gasteiger partial charge in [0.2, 0.25) is 5.91 Å². The van der Waals surface area contributed by atoms with E-state index in [1.54, 1.807) is 30.5 Å². The lowest BCUT2D eigenvalue weighted by Gasteiger charge is -2.25. The Balaban J connectivity index is 0.000000501. The molecular weight excluding hydrogens is 576 g/mol. The first-order valence-electron chi connectivity index (χ1n) is 15.2. The first-order valence-corrected chi connectivity index (χ1v) is 15.2.